The van der Waals surface area contributed by atoms with E-state index in [0.717, 1.165) is 19.4 Å². The molecule has 3 fully saturated rings. The highest BCUT2D eigenvalue weighted by atomic mass is 35.5. The normalized spacial score (nSPS) is 28.0. The first-order valence-corrected chi connectivity index (χ1v) is 10.5. The van der Waals surface area contributed by atoms with E-state index in [1.54, 1.807) is 55.6 Å². The fourth-order valence-corrected chi connectivity index (χ4v) is 5.41. The summed E-state index contributed by atoms with van der Waals surface area (Å²) in [5.41, 5.74) is 1.03. The number of methoxy groups -OCH3 is 1. The summed E-state index contributed by atoms with van der Waals surface area (Å²) in [6.07, 6.45) is 1.74. The molecule has 0 aromatic heterocycles. The highest BCUT2D eigenvalue weighted by Crippen LogP contribution is 2.48. The average Bonchev–Trinajstić information content (AvgIpc) is 3.40. The van der Waals surface area contributed by atoms with Gasteiger partial charge in [0.1, 0.15) is 5.75 Å². The van der Waals surface area contributed by atoms with Crippen LogP contribution in [0.25, 0.3) is 0 Å². The molecule has 0 unspecified atom stereocenters. The monoisotopic (exact) mass is 424 g/mol. The molecule has 3 aliphatic heterocycles. The molecule has 3 aliphatic rings. The fraction of sp³-hybridized carbons (Fsp3) is 0.348. The predicted octanol–water partition coefficient (Wildman–Crippen LogP) is 3.18. The number of nitrogens with zero attached hydrogens (tertiary/aromatic N) is 2. The molecule has 0 radical (unpaired) electrons. The molecule has 6 nitrogen and oxygen atoms in total. The summed E-state index contributed by atoms with van der Waals surface area (Å²) in [4.78, 5) is 43.6. The van der Waals surface area contributed by atoms with Gasteiger partial charge in [-0.05, 0) is 67.9 Å². The Morgan fingerprint density at radius 1 is 1.00 bits per heavy atom. The number of halogens is 1. The predicted molar refractivity (Wildman–Crippen MR) is 112 cm³/mol. The van der Waals surface area contributed by atoms with Crippen molar-refractivity contribution in [2.24, 2.45) is 11.8 Å². The number of ether oxygens (including phenoxy) is 1. The van der Waals surface area contributed by atoms with Gasteiger partial charge < -0.3 is 4.74 Å². The Morgan fingerprint density at radius 3 is 2.33 bits per heavy atom. The molecule has 154 valence electrons. The van der Waals surface area contributed by atoms with Crippen molar-refractivity contribution in [2.45, 2.75) is 24.9 Å². The maximum Gasteiger partial charge on any atom is 0.239 e. The first-order chi connectivity index (χ1) is 14.5. The van der Waals surface area contributed by atoms with Gasteiger partial charge in [0.2, 0.25) is 11.8 Å². The van der Waals surface area contributed by atoms with Crippen molar-refractivity contribution < 1.29 is 19.1 Å². The minimum Gasteiger partial charge on any atom is -0.497 e. The van der Waals surface area contributed by atoms with Gasteiger partial charge in [-0.15, -0.1) is 0 Å². The number of carbonyl (C=O) groups excluding carboxylic acids is 3. The Bertz CT molecular complexity index is 1020. The number of anilines is 1. The zero-order valence-corrected chi connectivity index (χ0v) is 17.2. The second-order valence-electron chi connectivity index (χ2n) is 8.02. The first-order valence-electron chi connectivity index (χ1n) is 10.1. The number of Topliss-reactive ketones (excluding diaryl/α,β-unsaturated/α-hetero) is 1. The summed E-state index contributed by atoms with van der Waals surface area (Å²) >= 11 is 5.97. The third-order valence-corrected chi connectivity index (χ3v) is 6.83. The number of rotatable bonds is 4. The topological polar surface area (TPSA) is 66.9 Å². The van der Waals surface area contributed by atoms with Crippen LogP contribution in [0.4, 0.5) is 5.69 Å². The maximum atomic E-state index is 13.5. The number of hydrogen-bond acceptors (Lipinski definition) is 5. The van der Waals surface area contributed by atoms with Crippen molar-refractivity contribution in [3.8, 4) is 5.75 Å². The molecule has 0 saturated carbocycles. The highest BCUT2D eigenvalue weighted by Gasteiger charge is 2.64. The number of ketones is 1. The van der Waals surface area contributed by atoms with Crippen LogP contribution in [0.3, 0.4) is 0 Å². The molecule has 2 aromatic rings. The molecule has 5 rings (SSSR count). The third kappa shape index (κ3) is 2.78. The van der Waals surface area contributed by atoms with Crippen molar-refractivity contribution in [1.82, 2.24) is 4.90 Å². The van der Waals surface area contributed by atoms with Crippen LogP contribution in [0.2, 0.25) is 5.02 Å². The molecule has 3 heterocycles. The largest absolute Gasteiger partial charge is 0.497 e. The summed E-state index contributed by atoms with van der Waals surface area (Å²) in [5, 5.41) is 0.549. The van der Waals surface area contributed by atoms with Gasteiger partial charge in [0, 0.05) is 16.6 Å². The minimum atomic E-state index is -0.659. The summed E-state index contributed by atoms with van der Waals surface area (Å²) < 4.78 is 5.17. The Morgan fingerprint density at radius 2 is 1.67 bits per heavy atom. The van der Waals surface area contributed by atoms with Crippen molar-refractivity contribution in [3.63, 3.8) is 0 Å². The van der Waals surface area contributed by atoms with Crippen LogP contribution >= 0.6 is 11.6 Å². The zero-order valence-electron chi connectivity index (χ0n) is 16.5. The highest BCUT2D eigenvalue weighted by molar-refractivity contribution is 6.30. The zero-order chi connectivity index (χ0) is 21.0. The van der Waals surface area contributed by atoms with E-state index < -0.39 is 17.9 Å². The Balaban J connectivity index is 1.52. The first kappa shape index (κ1) is 19.3. The Labute approximate surface area is 179 Å². The van der Waals surface area contributed by atoms with E-state index in [1.807, 2.05) is 0 Å². The molecule has 0 spiro atoms. The van der Waals surface area contributed by atoms with Crippen LogP contribution in [0.15, 0.2) is 48.5 Å². The molecular formula is C23H21ClN2O4. The van der Waals surface area contributed by atoms with Gasteiger partial charge in [0.25, 0.3) is 0 Å². The van der Waals surface area contributed by atoms with Crippen molar-refractivity contribution in [1.29, 1.82) is 0 Å². The Kier molecular flexibility index (Phi) is 4.64. The Hall–Kier alpha value is -2.70. The number of hydrogen-bond donors (Lipinski definition) is 0. The van der Waals surface area contributed by atoms with Crippen LogP contribution < -0.4 is 9.64 Å². The summed E-state index contributed by atoms with van der Waals surface area (Å²) in [7, 11) is 1.56. The lowest BCUT2D eigenvalue weighted by Gasteiger charge is -2.27. The van der Waals surface area contributed by atoms with E-state index in [4.69, 9.17) is 16.3 Å². The second kappa shape index (κ2) is 7.22. The maximum absolute atomic E-state index is 13.5. The third-order valence-electron chi connectivity index (χ3n) is 6.58. The number of amides is 2. The lowest BCUT2D eigenvalue weighted by Crippen LogP contribution is -2.46. The number of benzene rings is 2. The number of carbonyl (C=O) groups is 3. The molecule has 4 atom stereocenters. The van der Waals surface area contributed by atoms with Crippen LogP contribution in [0.1, 0.15) is 23.2 Å². The van der Waals surface area contributed by atoms with Gasteiger partial charge in [0.05, 0.1) is 30.7 Å². The van der Waals surface area contributed by atoms with E-state index in [9.17, 15) is 14.4 Å². The summed E-state index contributed by atoms with van der Waals surface area (Å²) in [6.45, 7) is 0.727. The fourth-order valence-electron chi connectivity index (χ4n) is 5.29. The molecule has 0 N–H and O–H groups in total. The molecule has 3 saturated heterocycles. The molecule has 7 heteroatoms. The van der Waals surface area contributed by atoms with Gasteiger partial charge in [-0.1, -0.05) is 11.6 Å². The number of imide groups is 1. The summed E-state index contributed by atoms with van der Waals surface area (Å²) in [5.74, 6) is -1.12. The minimum absolute atomic E-state index is 0.0732. The lowest BCUT2D eigenvalue weighted by molar-refractivity contribution is -0.123. The van der Waals surface area contributed by atoms with Gasteiger partial charge in [-0.25, -0.2) is 4.90 Å². The van der Waals surface area contributed by atoms with Crippen molar-refractivity contribution in [3.05, 3.63) is 59.1 Å². The lowest BCUT2D eigenvalue weighted by atomic mass is 9.85. The van der Waals surface area contributed by atoms with Crippen LogP contribution in [0.5, 0.6) is 5.75 Å². The molecule has 0 bridgehead atoms. The van der Waals surface area contributed by atoms with Gasteiger partial charge in [0.15, 0.2) is 5.78 Å². The van der Waals surface area contributed by atoms with Crippen molar-refractivity contribution in [2.75, 3.05) is 18.6 Å². The average molecular weight is 425 g/mol. The van der Waals surface area contributed by atoms with E-state index in [0.29, 0.717) is 22.0 Å². The molecule has 2 aromatic carbocycles. The number of fused-ring (bicyclic) bond motifs is 3. The van der Waals surface area contributed by atoms with Gasteiger partial charge in [-0.3, -0.25) is 19.3 Å². The van der Waals surface area contributed by atoms with E-state index in [-0.39, 0.29) is 23.6 Å². The van der Waals surface area contributed by atoms with E-state index >= 15 is 0 Å². The molecule has 30 heavy (non-hydrogen) atoms. The van der Waals surface area contributed by atoms with Crippen LogP contribution in [0, 0.1) is 11.8 Å². The summed E-state index contributed by atoms with van der Waals surface area (Å²) in [6, 6.07) is 12.9. The molecule has 0 aliphatic carbocycles. The van der Waals surface area contributed by atoms with Gasteiger partial charge >= 0.3 is 0 Å². The van der Waals surface area contributed by atoms with Crippen LogP contribution in [-0.2, 0) is 9.59 Å². The smallest absolute Gasteiger partial charge is 0.239 e. The van der Waals surface area contributed by atoms with Gasteiger partial charge in [-0.2, -0.15) is 0 Å². The van der Waals surface area contributed by atoms with Crippen molar-refractivity contribution >= 4 is 34.9 Å². The molecule has 2 amide bonds. The standard InChI is InChI=1S/C23H21ClN2O4/c1-30-16-10-8-15(9-11-16)26-22(28)18-17-3-2-12-25(17)20(19(18)23(26)29)21(27)13-4-6-14(24)7-5-13/h4-11,17-20H,2-3,12H2,1H3/t17-,18+,19+,20+/m1/s1. The SMILES string of the molecule is COc1ccc(N2C(=O)[C@@H]3[C@H](C2=O)[C@@H](C(=O)c2ccc(Cl)cc2)N2CCC[C@H]32)cc1. The van der Waals surface area contributed by atoms with E-state index in [1.165, 1.54) is 4.90 Å². The van der Waals surface area contributed by atoms with Crippen LogP contribution in [-0.4, -0.2) is 48.2 Å². The van der Waals surface area contributed by atoms with E-state index in [2.05, 4.69) is 4.90 Å². The second-order valence-corrected chi connectivity index (χ2v) is 8.46. The quantitative estimate of drug-likeness (QED) is 0.557. The molecular weight excluding hydrogens is 404 g/mol.